The summed E-state index contributed by atoms with van der Waals surface area (Å²) in [5.74, 6) is 0.441. The van der Waals surface area contributed by atoms with Gasteiger partial charge in [0.2, 0.25) is 5.95 Å². The average Bonchev–Trinajstić information content (AvgIpc) is 2.87. The Kier molecular flexibility index (Phi) is 7.21. The molecule has 37 heavy (non-hydrogen) atoms. The second-order valence-corrected chi connectivity index (χ2v) is 10.6. The van der Waals surface area contributed by atoms with E-state index in [0.717, 1.165) is 27.1 Å². The molecule has 0 aliphatic heterocycles. The lowest BCUT2D eigenvalue weighted by atomic mass is 10.0. The summed E-state index contributed by atoms with van der Waals surface area (Å²) in [6, 6.07) is 21.1. The molecular formula is C27H27N5O4S. The van der Waals surface area contributed by atoms with Crippen LogP contribution < -0.4 is 10.2 Å². The van der Waals surface area contributed by atoms with Crippen LogP contribution in [0.3, 0.4) is 0 Å². The highest BCUT2D eigenvalue weighted by atomic mass is 32.2. The number of carbonyl (C=O) groups is 1. The van der Waals surface area contributed by atoms with E-state index in [-0.39, 0.29) is 5.95 Å². The van der Waals surface area contributed by atoms with Crippen molar-refractivity contribution in [2.45, 2.75) is 32.9 Å². The van der Waals surface area contributed by atoms with E-state index in [2.05, 4.69) is 21.9 Å². The van der Waals surface area contributed by atoms with Gasteiger partial charge in [-0.25, -0.2) is 14.7 Å². The van der Waals surface area contributed by atoms with Gasteiger partial charge in [0.1, 0.15) is 5.82 Å². The maximum Gasteiger partial charge on any atom is 0.433 e. The van der Waals surface area contributed by atoms with Crippen molar-refractivity contribution in [2.24, 2.45) is 0 Å². The summed E-state index contributed by atoms with van der Waals surface area (Å²) in [6.07, 6.45) is 0.564. The summed E-state index contributed by atoms with van der Waals surface area (Å²) in [4.78, 5) is 27.9. The molecule has 2 aromatic heterocycles. The van der Waals surface area contributed by atoms with Crippen molar-refractivity contribution in [1.82, 2.24) is 15.0 Å². The number of carbonyl (C=O) groups excluding carboxylic acids is 1. The van der Waals surface area contributed by atoms with Crippen molar-refractivity contribution in [1.29, 1.82) is 0 Å². The fourth-order valence-corrected chi connectivity index (χ4v) is 4.10. The molecule has 2 aromatic carbocycles. The first-order chi connectivity index (χ1) is 17.6. The smallest absolute Gasteiger partial charge is 0.364 e. The molecule has 190 valence electrons. The summed E-state index contributed by atoms with van der Waals surface area (Å²) < 4.78 is 28.7. The predicted molar refractivity (Wildman–Crippen MR) is 144 cm³/mol. The number of nitrogens with zero attached hydrogens (tertiary/aromatic N) is 4. The van der Waals surface area contributed by atoms with Crippen molar-refractivity contribution in [3.8, 4) is 11.1 Å². The third kappa shape index (κ3) is 5.92. The molecular weight excluding hydrogens is 490 g/mol. The highest BCUT2D eigenvalue weighted by Gasteiger charge is 2.35. The number of nitrogens with one attached hydrogen (secondary N) is 1. The van der Waals surface area contributed by atoms with Gasteiger partial charge in [0.15, 0.2) is 0 Å². The van der Waals surface area contributed by atoms with Gasteiger partial charge < -0.3 is 9.50 Å². The Hall–Kier alpha value is -4.31. The molecule has 0 aliphatic rings. The first kappa shape index (κ1) is 25.8. The maximum absolute atomic E-state index is 13.0. The molecule has 0 spiro atoms. The topological polar surface area (TPSA) is 114 Å². The maximum atomic E-state index is 13.0. The summed E-state index contributed by atoms with van der Waals surface area (Å²) in [5, 5.41) is 4.65. The first-order valence-corrected chi connectivity index (χ1v) is 13.0. The quantitative estimate of drug-likeness (QED) is 0.319. The standard InChI is InChI=1S/C27H27N5O4S/c1-5-37(34,35)36-26(33)32(27(2,3)4)25-30-22-16-11-15-21(19-12-7-6-8-13-19)23(22)24(31-25)29-18-20-14-9-10-17-28-20/h5-17H,1,18H2,2-4H3,(H,29,30,31). The number of rotatable bonds is 7. The molecule has 0 aliphatic carbocycles. The number of pyridine rings is 1. The van der Waals surface area contributed by atoms with E-state index in [1.165, 1.54) is 0 Å². The van der Waals surface area contributed by atoms with Gasteiger partial charge in [-0.1, -0.05) is 55.1 Å². The molecule has 0 saturated heterocycles. The van der Waals surface area contributed by atoms with Crippen LogP contribution in [0.5, 0.6) is 0 Å². The predicted octanol–water partition coefficient (Wildman–Crippen LogP) is 5.52. The Balaban J connectivity index is 1.90. The highest BCUT2D eigenvalue weighted by Crippen LogP contribution is 2.35. The van der Waals surface area contributed by atoms with E-state index >= 15 is 0 Å². The SMILES string of the molecule is C=CS(=O)(=O)OC(=O)N(c1nc(NCc2ccccn2)c2c(-c3ccccc3)cccc2n1)C(C)(C)C. The number of hydrogen-bond acceptors (Lipinski definition) is 8. The monoisotopic (exact) mass is 517 g/mol. The molecule has 10 heteroatoms. The molecule has 0 atom stereocenters. The second kappa shape index (κ2) is 10.4. The second-order valence-electron chi connectivity index (χ2n) is 9.13. The molecule has 0 fully saturated rings. The fourth-order valence-electron chi connectivity index (χ4n) is 3.76. The lowest BCUT2D eigenvalue weighted by Crippen LogP contribution is -2.47. The molecule has 0 unspecified atom stereocenters. The summed E-state index contributed by atoms with van der Waals surface area (Å²) in [6.45, 7) is 8.73. The van der Waals surface area contributed by atoms with Gasteiger partial charge in [0, 0.05) is 11.7 Å². The van der Waals surface area contributed by atoms with Crippen LogP contribution in [0.2, 0.25) is 0 Å². The van der Waals surface area contributed by atoms with E-state index in [1.54, 1.807) is 27.0 Å². The van der Waals surface area contributed by atoms with Crippen molar-refractivity contribution in [3.63, 3.8) is 0 Å². The summed E-state index contributed by atoms with van der Waals surface area (Å²) in [7, 11) is -4.28. The molecule has 1 amide bonds. The Bertz CT molecular complexity index is 1540. The Morgan fingerprint density at radius 1 is 1.03 bits per heavy atom. The van der Waals surface area contributed by atoms with Gasteiger partial charge in [-0.05, 0) is 50.1 Å². The molecule has 4 rings (SSSR count). The molecule has 0 bridgehead atoms. The van der Waals surface area contributed by atoms with Crippen LogP contribution in [-0.2, 0) is 20.8 Å². The van der Waals surface area contributed by atoms with Gasteiger partial charge >= 0.3 is 16.2 Å². The van der Waals surface area contributed by atoms with E-state index in [4.69, 9.17) is 9.17 Å². The Labute approximate surface area is 216 Å². The Morgan fingerprint density at radius 3 is 2.41 bits per heavy atom. The zero-order chi connectivity index (χ0) is 26.6. The van der Waals surface area contributed by atoms with Crippen LogP contribution in [0.15, 0.2) is 84.9 Å². The number of benzene rings is 2. The average molecular weight is 518 g/mol. The summed E-state index contributed by atoms with van der Waals surface area (Å²) in [5.41, 5.74) is 2.29. The van der Waals surface area contributed by atoms with Gasteiger partial charge in [0.05, 0.1) is 28.5 Å². The Morgan fingerprint density at radius 2 is 1.76 bits per heavy atom. The van der Waals surface area contributed by atoms with Crippen LogP contribution >= 0.6 is 0 Å². The first-order valence-electron chi connectivity index (χ1n) is 11.5. The van der Waals surface area contributed by atoms with E-state index in [1.807, 2.05) is 66.7 Å². The third-order valence-electron chi connectivity index (χ3n) is 5.40. The number of amides is 1. The van der Waals surface area contributed by atoms with E-state index < -0.39 is 21.8 Å². The molecule has 4 aromatic rings. The molecule has 1 N–H and O–H groups in total. The van der Waals surface area contributed by atoms with Gasteiger partial charge in [0.25, 0.3) is 0 Å². The third-order valence-corrected chi connectivity index (χ3v) is 6.19. The van der Waals surface area contributed by atoms with E-state index in [9.17, 15) is 13.2 Å². The summed E-state index contributed by atoms with van der Waals surface area (Å²) >= 11 is 0. The molecule has 9 nitrogen and oxygen atoms in total. The van der Waals surface area contributed by atoms with Crippen molar-refractivity contribution in [3.05, 3.63) is 90.6 Å². The fraction of sp³-hybridized carbons (Fsp3) is 0.185. The normalized spacial score (nSPS) is 11.6. The molecule has 0 saturated carbocycles. The largest absolute Gasteiger partial charge is 0.433 e. The molecule has 2 heterocycles. The van der Waals surface area contributed by atoms with Crippen LogP contribution in [0.4, 0.5) is 16.6 Å². The minimum atomic E-state index is -4.28. The van der Waals surface area contributed by atoms with Crippen LogP contribution in [-0.4, -0.2) is 35.0 Å². The lowest BCUT2D eigenvalue weighted by molar-refractivity contribution is 0.203. The van der Waals surface area contributed by atoms with Gasteiger partial charge in [-0.15, -0.1) is 0 Å². The van der Waals surface area contributed by atoms with Crippen molar-refractivity contribution >= 4 is 38.9 Å². The lowest BCUT2D eigenvalue weighted by Gasteiger charge is -2.32. The minimum Gasteiger partial charge on any atom is -0.364 e. The van der Waals surface area contributed by atoms with Crippen molar-refractivity contribution < 1.29 is 17.4 Å². The van der Waals surface area contributed by atoms with Gasteiger partial charge in [-0.2, -0.15) is 13.4 Å². The van der Waals surface area contributed by atoms with Crippen molar-refractivity contribution in [2.75, 3.05) is 10.2 Å². The van der Waals surface area contributed by atoms with E-state index in [0.29, 0.717) is 23.3 Å². The van der Waals surface area contributed by atoms with Crippen LogP contribution in [0, 0.1) is 0 Å². The highest BCUT2D eigenvalue weighted by molar-refractivity contribution is 7.90. The zero-order valence-corrected chi connectivity index (χ0v) is 21.6. The number of hydrogen-bond donors (Lipinski definition) is 1. The number of fused-ring (bicyclic) bond motifs is 1. The van der Waals surface area contributed by atoms with Crippen LogP contribution in [0.25, 0.3) is 22.0 Å². The minimum absolute atomic E-state index is 0.0157. The zero-order valence-electron chi connectivity index (χ0n) is 20.7. The molecule has 0 radical (unpaired) electrons. The van der Waals surface area contributed by atoms with Gasteiger partial charge in [-0.3, -0.25) is 4.98 Å². The number of aromatic nitrogens is 3. The number of anilines is 2. The van der Waals surface area contributed by atoms with Crippen LogP contribution in [0.1, 0.15) is 26.5 Å².